The van der Waals surface area contributed by atoms with Crippen LogP contribution in [0.25, 0.3) is 11.0 Å². The van der Waals surface area contributed by atoms with E-state index < -0.39 is 23.6 Å². The predicted octanol–water partition coefficient (Wildman–Crippen LogP) is 3.24. The molecule has 4 nitrogen and oxygen atoms in total. The monoisotopic (exact) mass is 321 g/mol. The van der Waals surface area contributed by atoms with Gasteiger partial charge in [-0.25, -0.2) is 4.79 Å². The fourth-order valence-electron chi connectivity index (χ4n) is 1.74. The van der Waals surface area contributed by atoms with Crippen LogP contribution in [-0.4, -0.2) is 18.0 Å². The highest BCUT2D eigenvalue weighted by Crippen LogP contribution is 2.36. The van der Waals surface area contributed by atoms with E-state index in [0.29, 0.717) is 10.9 Å². The molecule has 9 heteroatoms. The van der Waals surface area contributed by atoms with Crippen LogP contribution in [0.5, 0.6) is 0 Å². The molecule has 1 aromatic carbocycles. The number of carbonyl (C=O) groups excluding carboxylic acids is 1. The first kappa shape index (κ1) is 15.9. The second kappa shape index (κ2) is 5.08. The lowest BCUT2D eigenvalue weighted by Gasteiger charge is -2.18. The maximum Gasteiger partial charge on any atom is 0.463 e. The lowest BCUT2D eigenvalue weighted by molar-refractivity contribution is -0.267. The zero-order valence-corrected chi connectivity index (χ0v) is 10.9. The number of benzene rings is 1. The largest absolute Gasteiger partial charge is 0.463 e. The van der Waals surface area contributed by atoms with Crippen LogP contribution in [0.2, 0.25) is 0 Å². The number of alkyl halides is 5. The number of nitrogens with one attached hydrogen (secondary N) is 1. The van der Waals surface area contributed by atoms with Crippen LogP contribution in [-0.2, 0) is 4.79 Å². The maximum atomic E-state index is 12.8. The molecule has 0 aliphatic heterocycles. The van der Waals surface area contributed by atoms with E-state index >= 15 is 0 Å². The number of halogens is 5. The molecule has 22 heavy (non-hydrogen) atoms. The molecule has 0 bridgehead atoms. The molecule has 0 atom stereocenters. The molecule has 0 aliphatic rings. The Morgan fingerprint density at radius 3 is 2.36 bits per heavy atom. The second-order valence-corrected chi connectivity index (χ2v) is 4.49. The molecule has 2 rings (SSSR count). The quantitative estimate of drug-likeness (QED) is 0.682. The minimum absolute atomic E-state index is 0.0434. The Hall–Kier alpha value is -2.45. The van der Waals surface area contributed by atoms with Gasteiger partial charge in [0.1, 0.15) is 5.58 Å². The van der Waals surface area contributed by atoms with E-state index in [2.05, 4.69) is 0 Å². The van der Waals surface area contributed by atoms with Gasteiger partial charge in [0.05, 0.1) is 0 Å². The average Bonchev–Trinajstić information content (AvgIpc) is 2.36. The van der Waals surface area contributed by atoms with Gasteiger partial charge in [0, 0.05) is 23.2 Å². The SMILES string of the molecule is Cc1cc(=O)oc2cc(NC(=O)C(F)(F)C(F)(F)F)ccc12. The molecule has 1 heterocycles. The summed E-state index contributed by atoms with van der Waals surface area (Å²) < 4.78 is 66.7. The van der Waals surface area contributed by atoms with Gasteiger partial charge in [0.25, 0.3) is 0 Å². The number of hydrogen-bond acceptors (Lipinski definition) is 3. The van der Waals surface area contributed by atoms with Crippen LogP contribution in [0.4, 0.5) is 27.6 Å². The summed E-state index contributed by atoms with van der Waals surface area (Å²) in [6, 6.07) is 4.64. The molecule has 0 saturated heterocycles. The van der Waals surface area contributed by atoms with Crippen molar-refractivity contribution in [3.63, 3.8) is 0 Å². The lowest BCUT2D eigenvalue weighted by Crippen LogP contribution is -2.47. The van der Waals surface area contributed by atoms with E-state index in [1.54, 1.807) is 6.92 Å². The first-order valence-electron chi connectivity index (χ1n) is 5.83. The summed E-state index contributed by atoms with van der Waals surface area (Å²) in [7, 11) is 0. The Morgan fingerprint density at radius 1 is 1.14 bits per heavy atom. The molecule has 0 radical (unpaired) electrons. The van der Waals surface area contributed by atoms with Gasteiger partial charge in [-0.3, -0.25) is 4.79 Å². The van der Waals surface area contributed by atoms with Crippen molar-refractivity contribution in [1.29, 1.82) is 0 Å². The van der Waals surface area contributed by atoms with Crippen molar-refractivity contribution in [1.82, 2.24) is 0 Å². The van der Waals surface area contributed by atoms with Crippen LogP contribution < -0.4 is 10.9 Å². The third-order valence-electron chi connectivity index (χ3n) is 2.85. The van der Waals surface area contributed by atoms with E-state index in [4.69, 9.17) is 4.42 Å². The molecule has 1 amide bonds. The van der Waals surface area contributed by atoms with Crippen LogP contribution in [0, 0.1) is 6.92 Å². The Kier molecular flexibility index (Phi) is 3.68. The summed E-state index contributed by atoms with van der Waals surface area (Å²) in [4.78, 5) is 22.3. The number of amides is 1. The molecule has 1 N–H and O–H groups in total. The first-order valence-corrected chi connectivity index (χ1v) is 5.83. The fourth-order valence-corrected chi connectivity index (χ4v) is 1.74. The topological polar surface area (TPSA) is 59.3 Å². The van der Waals surface area contributed by atoms with Gasteiger partial charge >= 0.3 is 23.6 Å². The molecule has 0 saturated carbocycles. The van der Waals surface area contributed by atoms with E-state index in [9.17, 15) is 31.5 Å². The average molecular weight is 321 g/mol. The van der Waals surface area contributed by atoms with Crippen molar-refractivity contribution in [2.24, 2.45) is 0 Å². The summed E-state index contributed by atoms with van der Waals surface area (Å²) in [5.41, 5.74) is -0.577. The van der Waals surface area contributed by atoms with Crippen LogP contribution in [0.3, 0.4) is 0 Å². The number of anilines is 1. The maximum absolute atomic E-state index is 12.8. The molecular formula is C13H8F5NO3. The zero-order chi connectivity index (χ0) is 16.7. The molecule has 2 aromatic rings. The molecule has 118 valence electrons. The van der Waals surface area contributed by atoms with Crippen molar-refractivity contribution >= 4 is 22.6 Å². The van der Waals surface area contributed by atoms with Crippen LogP contribution >= 0.6 is 0 Å². The van der Waals surface area contributed by atoms with E-state index in [0.717, 1.165) is 12.1 Å². The summed E-state index contributed by atoms with van der Waals surface area (Å²) in [6.45, 7) is 1.59. The van der Waals surface area contributed by atoms with Crippen molar-refractivity contribution in [2.45, 2.75) is 19.0 Å². The molecule has 0 spiro atoms. The minimum atomic E-state index is -6.00. The van der Waals surface area contributed by atoms with Crippen molar-refractivity contribution < 1.29 is 31.2 Å². The van der Waals surface area contributed by atoms with Gasteiger partial charge in [-0.05, 0) is 24.6 Å². The zero-order valence-electron chi connectivity index (χ0n) is 10.9. The van der Waals surface area contributed by atoms with E-state index in [1.165, 1.54) is 17.4 Å². The molecule has 1 aromatic heterocycles. The first-order chi connectivity index (χ1) is 10.0. The van der Waals surface area contributed by atoms with Crippen LogP contribution in [0.1, 0.15) is 5.56 Å². The van der Waals surface area contributed by atoms with E-state index in [-0.39, 0.29) is 11.3 Å². The Balaban J connectivity index is 2.37. The highest BCUT2D eigenvalue weighted by molar-refractivity contribution is 5.98. The predicted molar refractivity (Wildman–Crippen MR) is 66.9 cm³/mol. The summed E-state index contributed by atoms with van der Waals surface area (Å²) in [5, 5.41) is 1.91. The number of fused-ring (bicyclic) bond motifs is 1. The smallest absolute Gasteiger partial charge is 0.423 e. The number of rotatable bonds is 2. The number of hydrogen-bond donors (Lipinski definition) is 1. The molecule has 0 fully saturated rings. The summed E-state index contributed by atoms with van der Waals surface area (Å²) in [5.74, 6) is -8.05. The third kappa shape index (κ3) is 2.78. The lowest BCUT2D eigenvalue weighted by atomic mass is 10.1. The number of carbonyl (C=O) groups is 1. The minimum Gasteiger partial charge on any atom is -0.423 e. The van der Waals surface area contributed by atoms with Gasteiger partial charge < -0.3 is 9.73 Å². The van der Waals surface area contributed by atoms with Gasteiger partial charge in [-0.2, -0.15) is 22.0 Å². The molecule has 0 aliphatic carbocycles. The molecule has 0 unspecified atom stereocenters. The highest BCUT2D eigenvalue weighted by atomic mass is 19.4. The second-order valence-electron chi connectivity index (χ2n) is 4.49. The fraction of sp³-hybridized carbons (Fsp3) is 0.231. The van der Waals surface area contributed by atoms with Gasteiger partial charge in [-0.1, -0.05) is 0 Å². The normalized spacial score (nSPS) is 12.5. The van der Waals surface area contributed by atoms with E-state index in [1.807, 2.05) is 0 Å². The van der Waals surface area contributed by atoms with Crippen LogP contribution in [0.15, 0.2) is 33.5 Å². The Morgan fingerprint density at radius 2 is 1.77 bits per heavy atom. The van der Waals surface area contributed by atoms with Gasteiger partial charge in [0.2, 0.25) is 0 Å². The highest BCUT2D eigenvalue weighted by Gasteiger charge is 2.63. The van der Waals surface area contributed by atoms with Crippen molar-refractivity contribution in [2.75, 3.05) is 5.32 Å². The summed E-state index contributed by atoms with van der Waals surface area (Å²) in [6.07, 6.45) is -6.00. The van der Waals surface area contributed by atoms with Gasteiger partial charge in [0.15, 0.2) is 0 Å². The van der Waals surface area contributed by atoms with Crippen molar-refractivity contribution in [3.8, 4) is 0 Å². The van der Waals surface area contributed by atoms with Crippen molar-refractivity contribution in [3.05, 3.63) is 40.2 Å². The Bertz CT molecular complexity index is 794. The number of aryl methyl sites for hydroxylation is 1. The third-order valence-corrected chi connectivity index (χ3v) is 2.85. The van der Waals surface area contributed by atoms with Gasteiger partial charge in [-0.15, -0.1) is 0 Å². The summed E-state index contributed by atoms with van der Waals surface area (Å²) >= 11 is 0. The molecular weight excluding hydrogens is 313 g/mol. The Labute approximate surface area is 119 Å². The standard InChI is InChI=1S/C13H8F5NO3/c1-6-4-10(20)22-9-5-7(2-3-8(6)9)19-11(21)12(14,15)13(16,17)18/h2-5H,1H3,(H,19,21).